The molecule has 2 saturated carbocycles. The molecular weight excluding hydrogens is 607 g/mol. The van der Waals surface area contributed by atoms with Crippen LogP contribution in [0.4, 0.5) is 13.2 Å². The zero-order chi connectivity index (χ0) is 33.6. The number of phenols is 1. The Morgan fingerprint density at radius 1 is 1.17 bits per heavy atom. The van der Waals surface area contributed by atoms with Gasteiger partial charge in [0.05, 0.1) is 24.3 Å². The second-order valence-corrected chi connectivity index (χ2v) is 13.9. The number of methoxy groups -OCH3 is 1. The van der Waals surface area contributed by atoms with Crippen LogP contribution in [0.2, 0.25) is 0 Å². The van der Waals surface area contributed by atoms with Crippen LogP contribution in [0, 0.1) is 23.7 Å². The van der Waals surface area contributed by atoms with Crippen molar-refractivity contribution in [2.24, 2.45) is 29.4 Å². The first-order chi connectivity index (χ1) is 21.5. The number of carbonyl (C=O) groups is 3. The Labute approximate surface area is 264 Å². The molecule has 5 atom stereocenters. The Morgan fingerprint density at radius 2 is 1.83 bits per heavy atom. The van der Waals surface area contributed by atoms with Gasteiger partial charge in [-0.2, -0.15) is 13.2 Å². The fourth-order valence-electron chi connectivity index (χ4n) is 8.21. The first-order valence-corrected chi connectivity index (χ1v) is 15.7. The maximum atomic E-state index is 15.1. The molecule has 46 heavy (non-hydrogen) atoms. The first-order valence-electron chi connectivity index (χ1n) is 15.7. The van der Waals surface area contributed by atoms with E-state index in [2.05, 4.69) is 4.90 Å². The summed E-state index contributed by atoms with van der Waals surface area (Å²) in [5, 5.41) is 34.5. The molecule has 0 aliphatic heterocycles. The molecule has 6 rings (SSSR count). The predicted octanol–water partition coefficient (Wildman–Crippen LogP) is 3.24. The molecule has 5 aliphatic rings. The number of carbonyl (C=O) groups excluding carboxylic acids is 3. The molecule has 250 valence electrons. The van der Waals surface area contributed by atoms with Crippen molar-refractivity contribution < 1.29 is 47.6 Å². The number of Topliss-reactive ketones (excluding diaryl/α,β-unsaturated/α-hetero) is 2. The van der Waals surface area contributed by atoms with E-state index < -0.39 is 81.1 Å². The lowest BCUT2D eigenvalue weighted by Gasteiger charge is -2.51. The van der Waals surface area contributed by atoms with Gasteiger partial charge in [-0.05, 0) is 94.5 Å². The van der Waals surface area contributed by atoms with E-state index in [9.17, 15) is 29.7 Å². The molecule has 1 aromatic carbocycles. The van der Waals surface area contributed by atoms with E-state index in [0.29, 0.717) is 18.4 Å². The van der Waals surface area contributed by atoms with E-state index in [1.165, 1.54) is 19.0 Å². The molecular formula is C33H40F3N3O7. The Morgan fingerprint density at radius 3 is 2.35 bits per heavy atom. The second kappa shape index (κ2) is 11.1. The summed E-state index contributed by atoms with van der Waals surface area (Å²) in [4.78, 5) is 43.4. The first kappa shape index (κ1) is 32.5. The topological polar surface area (TPSA) is 154 Å². The average molecular weight is 648 g/mol. The minimum absolute atomic E-state index is 0.0388. The van der Waals surface area contributed by atoms with E-state index in [0.717, 1.165) is 38.9 Å². The number of amides is 1. The van der Waals surface area contributed by atoms with Gasteiger partial charge in [-0.15, -0.1) is 0 Å². The minimum atomic E-state index is -4.85. The number of hydrogen-bond donors (Lipinski definition) is 4. The summed E-state index contributed by atoms with van der Waals surface area (Å²) in [7, 11) is 4.14. The minimum Gasteiger partial charge on any atom is -0.508 e. The molecule has 0 saturated heterocycles. The van der Waals surface area contributed by atoms with Crippen LogP contribution in [0.1, 0.15) is 66.1 Å². The number of ether oxygens (including phenoxy) is 1. The van der Waals surface area contributed by atoms with Gasteiger partial charge in [0.25, 0.3) is 5.91 Å². The number of phenolic OH excluding ortho intramolecular Hbond substituents is 1. The van der Waals surface area contributed by atoms with Crippen molar-refractivity contribution in [3.63, 3.8) is 0 Å². The van der Waals surface area contributed by atoms with Crippen molar-refractivity contribution in [1.82, 2.24) is 9.80 Å². The van der Waals surface area contributed by atoms with Crippen molar-refractivity contribution in [2.45, 2.75) is 75.9 Å². The van der Waals surface area contributed by atoms with Gasteiger partial charge >= 0.3 is 6.18 Å². The summed E-state index contributed by atoms with van der Waals surface area (Å²) in [5.74, 6) is -6.69. The SMILES string of the molecule is COC1=C2C(=O)c3c(O)cc(CN(CC4CC4)[C@H](C)C4CC4)c(C(F)(F)F)c3C[C@H]2C[C@H]2[C@H](N(C)C)C(=O)C(C(N)=O)=C(O)[C@@]12O. The lowest BCUT2D eigenvalue weighted by Crippen LogP contribution is -2.63. The van der Waals surface area contributed by atoms with Gasteiger partial charge in [0.15, 0.2) is 17.2 Å². The van der Waals surface area contributed by atoms with Crippen LogP contribution in [0.3, 0.4) is 0 Å². The number of fused-ring (bicyclic) bond motifs is 3. The Bertz CT molecular complexity index is 1580. The maximum absolute atomic E-state index is 15.1. The monoisotopic (exact) mass is 647 g/mol. The fraction of sp³-hybridized carbons (Fsp3) is 0.606. The number of rotatable bonds is 9. The summed E-state index contributed by atoms with van der Waals surface area (Å²) in [6.07, 6.45) is -1.31. The van der Waals surface area contributed by atoms with Crippen molar-refractivity contribution in [3.05, 3.63) is 51.0 Å². The fourth-order valence-corrected chi connectivity index (χ4v) is 8.21. The van der Waals surface area contributed by atoms with Crippen molar-refractivity contribution >= 4 is 17.5 Å². The van der Waals surface area contributed by atoms with Crippen LogP contribution in [0.15, 0.2) is 28.7 Å². The smallest absolute Gasteiger partial charge is 0.417 e. The summed E-state index contributed by atoms with van der Waals surface area (Å²) in [6, 6.07) is -0.140. The maximum Gasteiger partial charge on any atom is 0.417 e. The number of allylic oxidation sites excluding steroid dienone is 1. The Hall–Kier alpha value is -3.42. The van der Waals surface area contributed by atoms with Crippen LogP contribution in [-0.4, -0.2) is 88.0 Å². The third kappa shape index (κ3) is 5.02. The number of likely N-dealkylation sites (N-methyl/N-ethyl adjacent to an activating group) is 1. The van der Waals surface area contributed by atoms with Gasteiger partial charge in [0.2, 0.25) is 0 Å². The number of nitrogens with zero attached hydrogens (tertiary/aromatic N) is 2. The highest BCUT2D eigenvalue weighted by Gasteiger charge is 2.63. The van der Waals surface area contributed by atoms with E-state index in [-0.39, 0.29) is 42.1 Å². The third-order valence-corrected chi connectivity index (χ3v) is 10.7. The summed E-state index contributed by atoms with van der Waals surface area (Å²) in [6.45, 7) is 2.65. The number of alkyl halides is 3. The Kier molecular flexibility index (Phi) is 7.84. The highest BCUT2D eigenvalue weighted by Crippen LogP contribution is 2.55. The molecule has 0 radical (unpaired) electrons. The van der Waals surface area contributed by atoms with Crippen LogP contribution in [0.25, 0.3) is 0 Å². The number of nitrogens with two attached hydrogens (primary N) is 1. The molecule has 5 N–H and O–H groups in total. The molecule has 0 heterocycles. The number of hydrogen-bond acceptors (Lipinski definition) is 9. The number of benzene rings is 1. The average Bonchev–Trinajstić information content (AvgIpc) is 3.87. The highest BCUT2D eigenvalue weighted by molar-refractivity contribution is 6.22. The summed E-state index contributed by atoms with van der Waals surface area (Å²) in [5.41, 5.74) is -0.176. The molecule has 5 aliphatic carbocycles. The van der Waals surface area contributed by atoms with E-state index in [1.54, 1.807) is 0 Å². The lowest BCUT2D eigenvalue weighted by atomic mass is 9.58. The molecule has 13 heteroatoms. The number of aliphatic hydroxyl groups is 2. The van der Waals surface area contributed by atoms with Gasteiger partial charge in [0.1, 0.15) is 22.8 Å². The molecule has 10 nitrogen and oxygen atoms in total. The highest BCUT2D eigenvalue weighted by atomic mass is 19.4. The standard InChI is InChI=1S/C33H40F3N3O7/c1-14(16-7-8-16)39(12-15-5-6-15)13-18-11-21(40)23-19(25(18)33(34,35)36)9-17-10-20-26(38(2)3)28(42)24(31(37)44)29(43)32(20,45)30(46-4)22(17)27(23)41/h11,14-17,20,26,40,43,45H,5-10,12-13H2,1-4H3,(H2,37,44)/t14-,17+,20+,26+,32-/m1/s1. The lowest BCUT2D eigenvalue weighted by molar-refractivity contribution is -0.139. The van der Waals surface area contributed by atoms with Crippen LogP contribution < -0.4 is 5.73 Å². The number of aliphatic hydroxyl groups excluding tert-OH is 1. The van der Waals surface area contributed by atoms with Gasteiger partial charge in [0, 0.05) is 30.6 Å². The molecule has 0 aromatic heterocycles. The zero-order valence-electron chi connectivity index (χ0n) is 26.3. The van der Waals surface area contributed by atoms with E-state index >= 15 is 13.2 Å². The number of primary amides is 1. The summed E-state index contributed by atoms with van der Waals surface area (Å²) < 4.78 is 50.7. The van der Waals surface area contributed by atoms with Crippen molar-refractivity contribution in [1.29, 1.82) is 0 Å². The normalized spacial score (nSPS) is 28.8. The predicted molar refractivity (Wildman–Crippen MR) is 158 cm³/mol. The quantitative estimate of drug-likeness (QED) is 0.296. The van der Waals surface area contributed by atoms with E-state index in [1.807, 2.05) is 6.92 Å². The largest absolute Gasteiger partial charge is 0.508 e. The number of aromatic hydroxyl groups is 1. The molecule has 0 bridgehead atoms. The number of ketones is 2. The second-order valence-electron chi connectivity index (χ2n) is 13.9. The summed E-state index contributed by atoms with van der Waals surface area (Å²) >= 11 is 0. The van der Waals surface area contributed by atoms with Gasteiger partial charge in [-0.25, -0.2) is 0 Å². The van der Waals surface area contributed by atoms with Crippen molar-refractivity contribution in [3.8, 4) is 5.75 Å². The van der Waals surface area contributed by atoms with Crippen LogP contribution in [-0.2, 0) is 33.5 Å². The van der Waals surface area contributed by atoms with Gasteiger partial charge in [-0.3, -0.25) is 24.2 Å². The molecule has 0 unspecified atom stereocenters. The molecule has 2 fully saturated rings. The Balaban J connectivity index is 1.52. The molecule has 1 amide bonds. The molecule has 0 spiro atoms. The van der Waals surface area contributed by atoms with Crippen molar-refractivity contribution in [2.75, 3.05) is 27.7 Å². The zero-order valence-corrected chi connectivity index (χ0v) is 26.3. The molecule has 1 aromatic rings. The van der Waals surface area contributed by atoms with Crippen LogP contribution >= 0.6 is 0 Å². The number of halogens is 3. The van der Waals surface area contributed by atoms with Gasteiger partial charge < -0.3 is 25.8 Å². The van der Waals surface area contributed by atoms with E-state index in [4.69, 9.17) is 10.5 Å². The third-order valence-electron chi connectivity index (χ3n) is 10.7. The van der Waals surface area contributed by atoms with Gasteiger partial charge in [-0.1, -0.05) is 0 Å². The van der Waals surface area contributed by atoms with Crippen LogP contribution in [0.5, 0.6) is 5.75 Å².